The lowest BCUT2D eigenvalue weighted by Gasteiger charge is -2.12. The molecular formula is C14H19ClN4O. The molecule has 6 heteroatoms. The van der Waals surface area contributed by atoms with Crippen LogP contribution in [0.3, 0.4) is 0 Å². The van der Waals surface area contributed by atoms with Crippen molar-refractivity contribution in [1.82, 2.24) is 14.9 Å². The average molecular weight is 295 g/mol. The van der Waals surface area contributed by atoms with Crippen LogP contribution in [-0.2, 0) is 11.3 Å². The van der Waals surface area contributed by atoms with E-state index in [1.807, 2.05) is 30.5 Å². The standard InChI is InChI=1S/C14H19ClN4O/c1-3-9(2)17-12(20)7-8-19-11-6-4-5-10(15)13(11)18-14(19)16/h4-6,9H,3,7-8H2,1-2H3,(H2,16,18)(H,17,20). The second-order valence-corrected chi connectivity index (χ2v) is 5.26. The number of carbonyl (C=O) groups is 1. The van der Waals surface area contributed by atoms with Crippen LogP contribution in [0.1, 0.15) is 26.7 Å². The van der Waals surface area contributed by atoms with Crippen molar-refractivity contribution >= 4 is 34.5 Å². The van der Waals surface area contributed by atoms with E-state index in [4.69, 9.17) is 17.3 Å². The van der Waals surface area contributed by atoms with Crippen molar-refractivity contribution in [1.29, 1.82) is 0 Å². The zero-order chi connectivity index (χ0) is 14.7. The van der Waals surface area contributed by atoms with Gasteiger partial charge in [-0.05, 0) is 25.5 Å². The van der Waals surface area contributed by atoms with Crippen LogP contribution in [0.5, 0.6) is 0 Å². The molecule has 2 rings (SSSR count). The molecule has 0 radical (unpaired) electrons. The number of aromatic nitrogens is 2. The normalized spacial score (nSPS) is 12.6. The highest BCUT2D eigenvalue weighted by atomic mass is 35.5. The Labute approximate surface area is 123 Å². The number of nitrogens with two attached hydrogens (primary N) is 1. The molecule has 1 atom stereocenters. The van der Waals surface area contributed by atoms with Crippen LogP contribution in [0.2, 0.25) is 5.02 Å². The highest BCUT2D eigenvalue weighted by Crippen LogP contribution is 2.25. The first-order valence-corrected chi connectivity index (χ1v) is 7.10. The first kappa shape index (κ1) is 14.7. The molecule has 3 N–H and O–H groups in total. The van der Waals surface area contributed by atoms with Crippen molar-refractivity contribution in [3.63, 3.8) is 0 Å². The van der Waals surface area contributed by atoms with Gasteiger partial charge in [-0.1, -0.05) is 24.6 Å². The smallest absolute Gasteiger partial charge is 0.222 e. The van der Waals surface area contributed by atoms with Gasteiger partial charge in [0.1, 0.15) is 5.52 Å². The monoisotopic (exact) mass is 294 g/mol. The van der Waals surface area contributed by atoms with Gasteiger partial charge in [0.15, 0.2) is 0 Å². The van der Waals surface area contributed by atoms with Crippen LogP contribution >= 0.6 is 11.6 Å². The van der Waals surface area contributed by atoms with Crippen molar-refractivity contribution in [2.45, 2.75) is 39.3 Å². The summed E-state index contributed by atoms with van der Waals surface area (Å²) >= 11 is 6.08. The molecule has 0 aliphatic rings. The number of nitrogens with one attached hydrogen (secondary N) is 1. The molecule has 1 aromatic carbocycles. The number of hydrogen-bond acceptors (Lipinski definition) is 3. The molecule has 0 saturated carbocycles. The number of aryl methyl sites for hydroxylation is 1. The Balaban J connectivity index is 2.12. The number of carbonyl (C=O) groups excluding carboxylic acids is 1. The number of nitrogen functional groups attached to an aromatic ring is 1. The van der Waals surface area contributed by atoms with Gasteiger partial charge in [0.2, 0.25) is 11.9 Å². The quantitative estimate of drug-likeness (QED) is 0.890. The topological polar surface area (TPSA) is 72.9 Å². The molecule has 0 aliphatic heterocycles. The van der Waals surface area contributed by atoms with Crippen molar-refractivity contribution < 1.29 is 4.79 Å². The first-order valence-electron chi connectivity index (χ1n) is 6.72. The van der Waals surface area contributed by atoms with E-state index in [1.165, 1.54) is 0 Å². The van der Waals surface area contributed by atoms with E-state index in [2.05, 4.69) is 10.3 Å². The molecule has 1 amide bonds. The summed E-state index contributed by atoms with van der Waals surface area (Å²) in [6.07, 6.45) is 1.28. The Bertz CT molecular complexity index is 623. The van der Waals surface area contributed by atoms with E-state index < -0.39 is 0 Å². The maximum Gasteiger partial charge on any atom is 0.222 e. The molecule has 1 unspecified atom stereocenters. The van der Waals surface area contributed by atoms with Crippen LogP contribution < -0.4 is 11.1 Å². The van der Waals surface area contributed by atoms with Gasteiger partial charge in [0.25, 0.3) is 0 Å². The van der Waals surface area contributed by atoms with Gasteiger partial charge in [0, 0.05) is 19.0 Å². The van der Waals surface area contributed by atoms with Gasteiger partial charge in [-0.25, -0.2) is 4.98 Å². The van der Waals surface area contributed by atoms with Crippen LogP contribution in [-0.4, -0.2) is 21.5 Å². The Hall–Kier alpha value is -1.75. The van der Waals surface area contributed by atoms with Crippen LogP contribution in [0, 0.1) is 0 Å². The third-order valence-electron chi connectivity index (χ3n) is 3.34. The van der Waals surface area contributed by atoms with E-state index in [0.717, 1.165) is 11.9 Å². The maximum atomic E-state index is 11.8. The number of hydrogen-bond donors (Lipinski definition) is 2. The third-order valence-corrected chi connectivity index (χ3v) is 3.65. The molecule has 20 heavy (non-hydrogen) atoms. The summed E-state index contributed by atoms with van der Waals surface area (Å²) in [4.78, 5) is 16.1. The lowest BCUT2D eigenvalue weighted by Crippen LogP contribution is -2.32. The predicted molar refractivity (Wildman–Crippen MR) is 81.7 cm³/mol. The fraction of sp³-hybridized carbons (Fsp3) is 0.429. The van der Waals surface area contributed by atoms with Gasteiger partial charge >= 0.3 is 0 Å². The van der Waals surface area contributed by atoms with Gasteiger partial charge in [-0.15, -0.1) is 0 Å². The van der Waals surface area contributed by atoms with Gasteiger partial charge in [0.05, 0.1) is 10.5 Å². The van der Waals surface area contributed by atoms with Crippen molar-refractivity contribution in [2.24, 2.45) is 0 Å². The molecule has 2 aromatic rings. The Morgan fingerprint density at radius 1 is 1.55 bits per heavy atom. The molecule has 5 nitrogen and oxygen atoms in total. The van der Waals surface area contributed by atoms with E-state index in [9.17, 15) is 4.79 Å². The highest BCUT2D eigenvalue weighted by molar-refractivity contribution is 6.35. The second kappa shape index (κ2) is 6.13. The predicted octanol–water partition coefficient (Wildman–Crippen LogP) is 2.58. The van der Waals surface area contributed by atoms with Gasteiger partial charge in [-0.3, -0.25) is 4.79 Å². The molecule has 0 bridgehead atoms. The molecule has 0 spiro atoms. The molecule has 1 aromatic heterocycles. The Kier molecular flexibility index (Phi) is 4.49. The summed E-state index contributed by atoms with van der Waals surface area (Å²) in [7, 11) is 0. The van der Waals surface area contributed by atoms with Gasteiger partial charge in [-0.2, -0.15) is 0 Å². The fourth-order valence-electron chi connectivity index (χ4n) is 2.03. The number of benzene rings is 1. The lowest BCUT2D eigenvalue weighted by molar-refractivity contribution is -0.121. The fourth-order valence-corrected chi connectivity index (χ4v) is 2.24. The van der Waals surface area contributed by atoms with Crippen LogP contribution in [0.4, 0.5) is 5.95 Å². The maximum absolute atomic E-state index is 11.8. The number of para-hydroxylation sites is 1. The van der Waals surface area contributed by atoms with E-state index in [1.54, 1.807) is 6.07 Å². The molecule has 1 heterocycles. The van der Waals surface area contributed by atoms with Crippen molar-refractivity contribution in [2.75, 3.05) is 5.73 Å². The molecule has 0 fully saturated rings. The number of anilines is 1. The van der Waals surface area contributed by atoms with Crippen LogP contribution in [0.15, 0.2) is 18.2 Å². The zero-order valence-electron chi connectivity index (χ0n) is 11.7. The summed E-state index contributed by atoms with van der Waals surface area (Å²) in [6.45, 7) is 4.51. The third kappa shape index (κ3) is 3.04. The van der Waals surface area contributed by atoms with Crippen molar-refractivity contribution in [3.05, 3.63) is 23.2 Å². The van der Waals surface area contributed by atoms with Crippen LogP contribution in [0.25, 0.3) is 11.0 Å². The lowest BCUT2D eigenvalue weighted by atomic mass is 10.2. The first-order chi connectivity index (χ1) is 9.52. The Morgan fingerprint density at radius 2 is 2.30 bits per heavy atom. The number of imidazole rings is 1. The molecule has 0 saturated heterocycles. The number of halogens is 1. The largest absolute Gasteiger partial charge is 0.369 e. The van der Waals surface area contributed by atoms with Gasteiger partial charge < -0.3 is 15.6 Å². The van der Waals surface area contributed by atoms with E-state index >= 15 is 0 Å². The number of amides is 1. The summed E-state index contributed by atoms with van der Waals surface area (Å²) < 4.78 is 1.82. The van der Waals surface area contributed by atoms with E-state index in [0.29, 0.717) is 29.5 Å². The minimum Gasteiger partial charge on any atom is -0.369 e. The van der Waals surface area contributed by atoms with E-state index in [-0.39, 0.29) is 11.9 Å². The summed E-state index contributed by atoms with van der Waals surface area (Å²) in [5.74, 6) is 0.395. The van der Waals surface area contributed by atoms with Crippen molar-refractivity contribution in [3.8, 4) is 0 Å². The minimum atomic E-state index is 0.0163. The molecular weight excluding hydrogens is 276 g/mol. The average Bonchev–Trinajstić information content (AvgIpc) is 2.74. The number of fused-ring (bicyclic) bond motifs is 1. The summed E-state index contributed by atoms with van der Waals surface area (Å²) in [6, 6.07) is 5.71. The number of nitrogens with zero attached hydrogens (tertiary/aromatic N) is 2. The second-order valence-electron chi connectivity index (χ2n) is 4.86. The summed E-state index contributed by atoms with van der Waals surface area (Å²) in [5, 5.41) is 3.50. The summed E-state index contributed by atoms with van der Waals surface area (Å²) in [5.41, 5.74) is 7.43. The number of rotatable bonds is 5. The molecule has 0 aliphatic carbocycles. The minimum absolute atomic E-state index is 0.0163. The SMILES string of the molecule is CCC(C)NC(=O)CCn1c(N)nc2c(Cl)cccc21. The zero-order valence-corrected chi connectivity index (χ0v) is 12.4. The Morgan fingerprint density at radius 3 is 3.00 bits per heavy atom. The molecule has 108 valence electrons. The highest BCUT2D eigenvalue weighted by Gasteiger charge is 2.12.